The second kappa shape index (κ2) is 6.27. The van der Waals surface area contributed by atoms with Crippen LogP contribution in [0.2, 0.25) is 0 Å². The van der Waals surface area contributed by atoms with Gasteiger partial charge in [-0.25, -0.2) is 0 Å². The summed E-state index contributed by atoms with van der Waals surface area (Å²) in [4.78, 5) is 0. The minimum Gasteiger partial charge on any atom is -0.377 e. The molecule has 0 saturated carbocycles. The molecule has 0 aliphatic heterocycles. The Morgan fingerprint density at radius 2 is 1.53 bits per heavy atom. The van der Waals surface area contributed by atoms with Crippen molar-refractivity contribution in [1.29, 1.82) is 0 Å². The fourth-order valence-corrected chi connectivity index (χ4v) is 1.02. The molecule has 0 aromatic rings. The third-order valence-corrected chi connectivity index (χ3v) is 2.40. The van der Waals surface area contributed by atoms with Crippen molar-refractivity contribution in [3.05, 3.63) is 35.5 Å². The van der Waals surface area contributed by atoms with E-state index in [-0.39, 0.29) is 11.6 Å². The van der Waals surface area contributed by atoms with Crippen LogP contribution in [-0.2, 0) is 4.74 Å². The second-order valence-corrected chi connectivity index (χ2v) is 3.89. The standard InChI is InChI=1S/C12H14F6O/c1-7(9(3)19-4)5-10(12(16,17)18)6-8(2)11(13,14)15/h5-6,9H,2H2,1,3-4H3/b7-5+,10-6+. The maximum absolute atomic E-state index is 12.6. The van der Waals surface area contributed by atoms with Gasteiger partial charge in [-0.3, -0.25) is 0 Å². The molecule has 0 fully saturated rings. The Morgan fingerprint density at radius 3 is 1.84 bits per heavy atom. The molecule has 0 aliphatic rings. The van der Waals surface area contributed by atoms with Crippen molar-refractivity contribution in [1.82, 2.24) is 0 Å². The zero-order valence-electron chi connectivity index (χ0n) is 10.6. The topological polar surface area (TPSA) is 9.23 Å². The number of halogens is 6. The molecule has 0 rings (SSSR count). The van der Waals surface area contributed by atoms with Crippen LogP contribution in [0.3, 0.4) is 0 Å². The summed E-state index contributed by atoms with van der Waals surface area (Å²) in [7, 11) is 1.29. The maximum atomic E-state index is 12.6. The van der Waals surface area contributed by atoms with Gasteiger partial charge in [-0.2, -0.15) is 26.3 Å². The fourth-order valence-electron chi connectivity index (χ4n) is 1.02. The van der Waals surface area contributed by atoms with Gasteiger partial charge in [-0.15, -0.1) is 0 Å². The van der Waals surface area contributed by atoms with Crippen LogP contribution in [0.5, 0.6) is 0 Å². The fraction of sp³-hybridized carbons (Fsp3) is 0.500. The predicted molar refractivity (Wildman–Crippen MR) is 59.6 cm³/mol. The van der Waals surface area contributed by atoms with Crippen molar-refractivity contribution in [3.8, 4) is 0 Å². The van der Waals surface area contributed by atoms with Crippen LogP contribution >= 0.6 is 0 Å². The molecule has 0 saturated heterocycles. The van der Waals surface area contributed by atoms with Crippen LogP contribution in [0.1, 0.15) is 13.8 Å². The zero-order chi connectivity index (χ0) is 15.4. The van der Waals surface area contributed by atoms with Gasteiger partial charge < -0.3 is 4.74 Å². The summed E-state index contributed by atoms with van der Waals surface area (Å²) >= 11 is 0. The number of hydrogen-bond donors (Lipinski definition) is 0. The first kappa shape index (κ1) is 17.8. The minimum atomic E-state index is -4.90. The lowest BCUT2D eigenvalue weighted by atomic mass is 10.1. The van der Waals surface area contributed by atoms with Crippen molar-refractivity contribution in [2.45, 2.75) is 32.3 Å². The van der Waals surface area contributed by atoms with Gasteiger partial charge in [0.15, 0.2) is 0 Å². The summed E-state index contributed by atoms with van der Waals surface area (Å²) in [6.07, 6.45) is -9.84. The lowest BCUT2D eigenvalue weighted by Crippen LogP contribution is -2.16. The Labute approximate surface area is 107 Å². The summed E-state index contributed by atoms with van der Waals surface area (Å²) in [5, 5.41) is 0. The minimum absolute atomic E-state index is 0.0219. The molecule has 0 bridgehead atoms. The number of methoxy groups -OCH3 is 1. The van der Waals surface area contributed by atoms with E-state index in [1.54, 1.807) is 0 Å². The highest BCUT2D eigenvalue weighted by atomic mass is 19.4. The number of hydrogen-bond acceptors (Lipinski definition) is 1. The van der Waals surface area contributed by atoms with Crippen molar-refractivity contribution in [2.24, 2.45) is 0 Å². The molecule has 0 aliphatic carbocycles. The van der Waals surface area contributed by atoms with Gasteiger partial charge in [-0.1, -0.05) is 6.58 Å². The number of allylic oxidation sites excluding steroid dienone is 4. The molecule has 110 valence electrons. The first-order valence-corrected chi connectivity index (χ1v) is 5.15. The summed E-state index contributed by atoms with van der Waals surface area (Å²) in [5.74, 6) is 0. The molecule has 0 heterocycles. The maximum Gasteiger partial charge on any atom is 0.416 e. The van der Waals surface area contributed by atoms with E-state index in [1.165, 1.54) is 21.0 Å². The molecule has 0 aromatic carbocycles. The van der Waals surface area contributed by atoms with Crippen LogP contribution in [0, 0.1) is 0 Å². The van der Waals surface area contributed by atoms with Gasteiger partial charge in [0.05, 0.1) is 11.7 Å². The Hall–Kier alpha value is -1.24. The summed E-state index contributed by atoms with van der Waals surface area (Å²) < 4.78 is 79.3. The third kappa shape index (κ3) is 5.96. The molecule has 0 amide bonds. The van der Waals surface area contributed by atoms with Crippen molar-refractivity contribution in [2.75, 3.05) is 7.11 Å². The summed E-state index contributed by atoms with van der Waals surface area (Å²) in [6, 6.07) is 0. The highest BCUT2D eigenvalue weighted by Crippen LogP contribution is 2.33. The molecule has 0 N–H and O–H groups in total. The van der Waals surface area contributed by atoms with Crippen LogP contribution < -0.4 is 0 Å². The van der Waals surface area contributed by atoms with Crippen molar-refractivity contribution < 1.29 is 31.1 Å². The normalized spacial score (nSPS) is 16.5. The Morgan fingerprint density at radius 1 is 1.05 bits per heavy atom. The molecule has 19 heavy (non-hydrogen) atoms. The smallest absolute Gasteiger partial charge is 0.377 e. The van der Waals surface area contributed by atoms with Gasteiger partial charge in [-0.05, 0) is 31.6 Å². The largest absolute Gasteiger partial charge is 0.416 e. The van der Waals surface area contributed by atoms with Crippen molar-refractivity contribution >= 4 is 0 Å². The SMILES string of the molecule is C=C(/C=C(\C=C(/C)C(C)OC)C(F)(F)F)C(F)(F)F. The summed E-state index contributed by atoms with van der Waals surface area (Å²) in [6.45, 7) is 5.41. The van der Waals surface area contributed by atoms with E-state index in [2.05, 4.69) is 6.58 Å². The van der Waals surface area contributed by atoms with Gasteiger partial charge in [0, 0.05) is 12.7 Å². The Bertz CT molecular complexity index is 386. The number of rotatable bonds is 4. The van der Waals surface area contributed by atoms with E-state index in [0.717, 1.165) is 0 Å². The Balaban J connectivity index is 5.51. The number of alkyl halides is 6. The average molecular weight is 288 g/mol. The molecular formula is C12H14F6O. The number of ether oxygens (including phenoxy) is 1. The van der Waals surface area contributed by atoms with Crippen LogP contribution in [0.15, 0.2) is 35.5 Å². The summed E-state index contributed by atoms with van der Waals surface area (Å²) in [5.41, 5.74) is -2.83. The zero-order valence-corrected chi connectivity index (χ0v) is 10.6. The van der Waals surface area contributed by atoms with E-state index in [0.29, 0.717) is 6.08 Å². The first-order valence-electron chi connectivity index (χ1n) is 5.15. The first-order chi connectivity index (χ1) is 8.39. The van der Waals surface area contributed by atoms with E-state index >= 15 is 0 Å². The van der Waals surface area contributed by atoms with Gasteiger partial charge in [0.25, 0.3) is 0 Å². The quantitative estimate of drug-likeness (QED) is 0.543. The predicted octanol–water partition coefficient (Wildman–Crippen LogP) is 4.57. The average Bonchev–Trinajstić information content (AvgIpc) is 2.23. The van der Waals surface area contributed by atoms with Crippen LogP contribution in [0.4, 0.5) is 26.3 Å². The van der Waals surface area contributed by atoms with E-state index in [4.69, 9.17) is 4.74 Å². The highest BCUT2D eigenvalue weighted by Gasteiger charge is 2.36. The second-order valence-electron chi connectivity index (χ2n) is 3.89. The highest BCUT2D eigenvalue weighted by molar-refractivity contribution is 5.36. The Kier molecular flexibility index (Phi) is 5.86. The van der Waals surface area contributed by atoms with Gasteiger partial charge in [0.1, 0.15) is 0 Å². The van der Waals surface area contributed by atoms with Crippen molar-refractivity contribution in [3.63, 3.8) is 0 Å². The molecule has 1 nitrogen and oxygen atoms in total. The molecule has 1 unspecified atom stereocenters. The molecule has 0 aromatic heterocycles. The van der Waals surface area contributed by atoms with Gasteiger partial charge >= 0.3 is 12.4 Å². The lowest BCUT2D eigenvalue weighted by molar-refractivity contribution is -0.0932. The molecule has 0 radical (unpaired) electrons. The lowest BCUT2D eigenvalue weighted by Gasteiger charge is -2.14. The van der Waals surface area contributed by atoms with Gasteiger partial charge in [0.2, 0.25) is 0 Å². The van der Waals surface area contributed by atoms with E-state index in [1.807, 2.05) is 0 Å². The van der Waals surface area contributed by atoms with Crippen LogP contribution in [-0.4, -0.2) is 25.6 Å². The monoisotopic (exact) mass is 288 g/mol. The molecular weight excluding hydrogens is 274 g/mol. The molecule has 1 atom stereocenters. The van der Waals surface area contributed by atoms with E-state index in [9.17, 15) is 26.3 Å². The third-order valence-electron chi connectivity index (χ3n) is 2.40. The van der Waals surface area contributed by atoms with Crippen LogP contribution in [0.25, 0.3) is 0 Å². The molecule has 0 spiro atoms. The molecule has 7 heteroatoms. The van der Waals surface area contributed by atoms with E-state index < -0.39 is 29.6 Å².